The highest BCUT2D eigenvalue weighted by Gasteiger charge is 2.12. The molecular formula is C19H20N4O2. The Morgan fingerprint density at radius 2 is 1.96 bits per heavy atom. The van der Waals surface area contributed by atoms with E-state index in [1.807, 2.05) is 36.4 Å². The molecule has 2 N–H and O–H groups in total. The molecule has 0 radical (unpaired) electrons. The number of hydrogen-bond donors (Lipinski definition) is 2. The summed E-state index contributed by atoms with van der Waals surface area (Å²) in [6, 6.07) is 11.5. The number of nitrogens with zero attached hydrogens (tertiary/aromatic N) is 2. The summed E-state index contributed by atoms with van der Waals surface area (Å²) in [6.07, 6.45) is 4.61. The zero-order valence-electron chi connectivity index (χ0n) is 14.2. The number of anilines is 2. The molecule has 3 aromatic rings. The average Bonchev–Trinajstić information content (AvgIpc) is 3.14. The lowest BCUT2D eigenvalue weighted by atomic mass is 10.0. The Balaban J connectivity index is 1.65. The molecule has 6 heteroatoms. The molecule has 0 atom stereocenters. The molecule has 0 spiro atoms. The van der Waals surface area contributed by atoms with Crippen molar-refractivity contribution in [3.63, 3.8) is 0 Å². The van der Waals surface area contributed by atoms with Gasteiger partial charge in [-0.3, -0.25) is 4.79 Å². The van der Waals surface area contributed by atoms with Gasteiger partial charge in [-0.05, 0) is 29.7 Å². The van der Waals surface area contributed by atoms with Crippen LogP contribution in [-0.4, -0.2) is 15.9 Å². The maximum atomic E-state index is 12.4. The highest BCUT2D eigenvalue weighted by molar-refractivity contribution is 6.03. The molecule has 1 amide bonds. The van der Waals surface area contributed by atoms with Crippen molar-refractivity contribution in [2.24, 2.45) is 0 Å². The minimum atomic E-state index is -0.279. The van der Waals surface area contributed by atoms with Crippen molar-refractivity contribution in [3.8, 4) is 0 Å². The van der Waals surface area contributed by atoms with E-state index in [1.165, 1.54) is 12.4 Å². The Hall–Kier alpha value is -3.15. The number of furan rings is 1. The van der Waals surface area contributed by atoms with Crippen molar-refractivity contribution < 1.29 is 9.21 Å². The van der Waals surface area contributed by atoms with E-state index in [0.717, 1.165) is 17.0 Å². The lowest BCUT2D eigenvalue weighted by molar-refractivity contribution is 0.102. The van der Waals surface area contributed by atoms with Crippen molar-refractivity contribution in [3.05, 3.63) is 72.1 Å². The fourth-order valence-corrected chi connectivity index (χ4v) is 2.43. The van der Waals surface area contributed by atoms with E-state index in [2.05, 4.69) is 34.4 Å². The topological polar surface area (TPSA) is 80.0 Å². The zero-order valence-corrected chi connectivity index (χ0v) is 14.2. The molecule has 25 heavy (non-hydrogen) atoms. The number of carbonyl (C=O) groups excluding carboxylic acids is 1. The van der Waals surface area contributed by atoms with Gasteiger partial charge in [0.15, 0.2) is 0 Å². The number of nitrogens with one attached hydrogen (secondary N) is 2. The predicted molar refractivity (Wildman–Crippen MR) is 96.6 cm³/mol. The Labute approximate surface area is 146 Å². The molecule has 0 aliphatic rings. The van der Waals surface area contributed by atoms with Gasteiger partial charge in [-0.25, -0.2) is 9.97 Å². The second-order valence-corrected chi connectivity index (χ2v) is 5.92. The summed E-state index contributed by atoms with van der Waals surface area (Å²) in [5.41, 5.74) is 2.15. The van der Waals surface area contributed by atoms with Crippen LogP contribution in [0.25, 0.3) is 0 Å². The van der Waals surface area contributed by atoms with Gasteiger partial charge in [-0.1, -0.05) is 32.0 Å². The second kappa shape index (κ2) is 7.61. The van der Waals surface area contributed by atoms with Crippen molar-refractivity contribution >= 4 is 17.4 Å². The van der Waals surface area contributed by atoms with E-state index in [4.69, 9.17) is 4.42 Å². The molecule has 128 valence electrons. The summed E-state index contributed by atoms with van der Waals surface area (Å²) in [5, 5.41) is 5.99. The first kappa shape index (κ1) is 16.7. The first-order valence-electron chi connectivity index (χ1n) is 8.12. The predicted octanol–water partition coefficient (Wildman–Crippen LogP) is 4.06. The van der Waals surface area contributed by atoms with Gasteiger partial charge in [0.05, 0.1) is 25.2 Å². The molecule has 0 bridgehead atoms. The maximum Gasteiger partial charge on any atom is 0.275 e. The summed E-state index contributed by atoms with van der Waals surface area (Å²) in [4.78, 5) is 20.8. The Bertz CT molecular complexity index is 827. The molecular weight excluding hydrogens is 316 g/mol. The fraction of sp³-hybridized carbons (Fsp3) is 0.211. The lowest BCUT2D eigenvalue weighted by Crippen LogP contribution is -2.16. The normalized spacial score (nSPS) is 10.7. The van der Waals surface area contributed by atoms with Gasteiger partial charge in [0, 0.05) is 5.69 Å². The van der Waals surface area contributed by atoms with Crippen molar-refractivity contribution in [1.82, 2.24) is 9.97 Å². The Morgan fingerprint density at radius 3 is 2.64 bits per heavy atom. The first-order valence-corrected chi connectivity index (χ1v) is 8.12. The number of amides is 1. The summed E-state index contributed by atoms with van der Waals surface area (Å²) >= 11 is 0. The molecule has 2 aromatic heterocycles. The van der Waals surface area contributed by atoms with Crippen molar-refractivity contribution in [2.75, 3.05) is 10.6 Å². The number of hydrogen-bond acceptors (Lipinski definition) is 5. The molecule has 3 rings (SSSR count). The summed E-state index contributed by atoms with van der Waals surface area (Å²) < 4.78 is 5.24. The monoisotopic (exact) mass is 336 g/mol. The van der Waals surface area contributed by atoms with E-state index >= 15 is 0 Å². The largest absolute Gasteiger partial charge is 0.467 e. The molecule has 6 nitrogen and oxygen atoms in total. The Kier molecular flexibility index (Phi) is 5.09. The third-order valence-electron chi connectivity index (χ3n) is 3.74. The average molecular weight is 336 g/mol. The third-order valence-corrected chi connectivity index (χ3v) is 3.74. The minimum absolute atomic E-state index is 0.266. The number of aromatic nitrogens is 2. The number of para-hydroxylation sites is 1. The molecule has 0 aliphatic heterocycles. The number of carbonyl (C=O) groups is 1. The van der Waals surface area contributed by atoms with Crippen LogP contribution in [-0.2, 0) is 6.54 Å². The van der Waals surface area contributed by atoms with Gasteiger partial charge in [-0.2, -0.15) is 0 Å². The van der Waals surface area contributed by atoms with E-state index in [-0.39, 0.29) is 11.6 Å². The number of rotatable bonds is 6. The summed E-state index contributed by atoms with van der Waals surface area (Å²) in [6.45, 7) is 4.68. The van der Waals surface area contributed by atoms with Crippen molar-refractivity contribution in [1.29, 1.82) is 0 Å². The smallest absolute Gasteiger partial charge is 0.275 e. The molecule has 1 aromatic carbocycles. The van der Waals surface area contributed by atoms with Crippen LogP contribution in [0.5, 0.6) is 0 Å². The Morgan fingerprint density at radius 1 is 1.12 bits per heavy atom. The van der Waals surface area contributed by atoms with Crippen LogP contribution < -0.4 is 10.6 Å². The van der Waals surface area contributed by atoms with Crippen molar-refractivity contribution in [2.45, 2.75) is 26.3 Å². The third kappa shape index (κ3) is 4.23. The summed E-state index contributed by atoms with van der Waals surface area (Å²) in [5.74, 6) is 1.42. The highest BCUT2D eigenvalue weighted by Crippen LogP contribution is 2.24. The van der Waals surface area contributed by atoms with Crippen LogP contribution in [0.3, 0.4) is 0 Å². The highest BCUT2D eigenvalue weighted by atomic mass is 16.3. The van der Waals surface area contributed by atoms with Crippen LogP contribution in [0.1, 0.15) is 41.6 Å². The van der Waals surface area contributed by atoms with Crippen LogP contribution in [0.4, 0.5) is 11.5 Å². The van der Waals surface area contributed by atoms with Gasteiger partial charge in [0.2, 0.25) is 0 Å². The summed E-state index contributed by atoms with van der Waals surface area (Å²) in [7, 11) is 0. The molecule has 2 heterocycles. The number of benzene rings is 1. The van der Waals surface area contributed by atoms with Gasteiger partial charge in [0.25, 0.3) is 5.91 Å². The van der Waals surface area contributed by atoms with Gasteiger partial charge in [-0.15, -0.1) is 0 Å². The fourth-order valence-electron chi connectivity index (χ4n) is 2.43. The van der Waals surface area contributed by atoms with E-state index in [0.29, 0.717) is 18.3 Å². The standard InChI is InChI=1S/C19H20N4O2/c1-13(2)15-7-3-4-8-16(15)23-19(24)17-11-22-18(12-20-17)21-10-14-6-5-9-25-14/h3-9,11-13H,10H2,1-2H3,(H,21,22)(H,23,24). The molecule has 0 saturated heterocycles. The van der Waals surface area contributed by atoms with Crippen LogP contribution in [0.2, 0.25) is 0 Å². The molecule has 0 unspecified atom stereocenters. The SMILES string of the molecule is CC(C)c1ccccc1NC(=O)c1cnc(NCc2ccco2)cn1. The van der Waals surface area contributed by atoms with E-state index in [1.54, 1.807) is 6.26 Å². The van der Waals surface area contributed by atoms with E-state index in [9.17, 15) is 4.79 Å². The van der Waals surface area contributed by atoms with Crippen LogP contribution >= 0.6 is 0 Å². The quantitative estimate of drug-likeness (QED) is 0.709. The molecule has 0 fully saturated rings. The zero-order chi connectivity index (χ0) is 17.6. The molecule has 0 aliphatic carbocycles. The van der Waals surface area contributed by atoms with Crippen LogP contribution in [0, 0.1) is 0 Å². The molecule has 0 saturated carbocycles. The van der Waals surface area contributed by atoms with Gasteiger partial charge >= 0.3 is 0 Å². The van der Waals surface area contributed by atoms with Crippen LogP contribution in [0.15, 0.2) is 59.5 Å². The second-order valence-electron chi connectivity index (χ2n) is 5.92. The minimum Gasteiger partial charge on any atom is -0.467 e. The maximum absolute atomic E-state index is 12.4. The first-order chi connectivity index (χ1) is 12.1. The van der Waals surface area contributed by atoms with E-state index < -0.39 is 0 Å². The lowest BCUT2D eigenvalue weighted by Gasteiger charge is -2.13. The van der Waals surface area contributed by atoms with Gasteiger partial charge in [0.1, 0.15) is 17.3 Å². The van der Waals surface area contributed by atoms with Gasteiger partial charge < -0.3 is 15.1 Å².